The first kappa shape index (κ1) is 16.3. The first-order valence-electron chi connectivity index (χ1n) is 5.86. The Hall–Kier alpha value is -0.770. The van der Waals surface area contributed by atoms with Crippen LogP contribution >= 0.6 is 0 Å². The molecule has 19 heavy (non-hydrogen) atoms. The van der Waals surface area contributed by atoms with Gasteiger partial charge in [-0.15, -0.1) is 0 Å². The van der Waals surface area contributed by atoms with Crippen LogP contribution in [0.4, 0.5) is 4.39 Å². The number of carbonyl (C=O) groups excluding carboxylic acids is 1. The fraction of sp³-hybridized carbons (Fsp3) is 0.900. The van der Waals surface area contributed by atoms with Crippen LogP contribution in [0.3, 0.4) is 0 Å². The molecule has 0 radical (unpaired) electrons. The van der Waals surface area contributed by atoms with Crippen LogP contribution in [0.15, 0.2) is 0 Å². The molecule has 3 unspecified atom stereocenters. The number of hydrogen-bond donors (Lipinski definition) is 3. The van der Waals surface area contributed by atoms with Crippen molar-refractivity contribution in [1.29, 1.82) is 0 Å². The molecule has 0 aromatic carbocycles. The van der Waals surface area contributed by atoms with Crippen LogP contribution < -0.4 is 0 Å². The maximum Gasteiger partial charge on any atom is 0.431 e. The van der Waals surface area contributed by atoms with Crippen molar-refractivity contribution < 1.29 is 37.1 Å². The third-order valence-corrected chi connectivity index (χ3v) is 4.17. The Morgan fingerprint density at radius 1 is 1.32 bits per heavy atom. The molecule has 3 atom stereocenters. The summed E-state index contributed by atoms with van der Waals surface area (Å²) in [6.45, 7) is -0.424. The molecule has 0 saturated heterocycles. The predicted octanol–water partition coefficient (Wildman–Crippen LogP) is -0.168. The molecule has 0 aliphatic heterocycles. The molecule has 112 valence electrons. The number of alkyl halides is 1. The lowest BCUT2D eigenvalue weighted by atomic mass is 9.80. The van der Waals surface area contributed by atoms with Gasteiger partial charge in [0.2, 0.25) is 0 Å². The normalized spacial score (nSPS) is 27.6. The molecule has 9 heteroatoms. The molecule has 0 aromatic heterocycles. The van der Waals surface area contributed by atoms with Crippen LogP contribution in [0.2, 0.25) is 0 Å². The second kappa shape index (κ2) is 6.12. The number of carbonyl (C=O) groups is 1. The number of hydrogen-bond acceptors (Lipinski definition) is 6. The van der Waals surface area contributed by atoms with Crippen LogP contribution in [-0.2, 0) is 19.6 Å². The van der Waals surface area contributed by atoms with E-state index in [2.05, 4.69) is 4.74 Å². The molecular weight excluding hydrogens is 283 g/mol. The van der Waals surface area contributed by atoms with Gasteiger partial charge in [0.25, 0.3) is 0 Å². The van der Waals surface area contributed by atoms with Gasteiger partial charge in [0.05, 0.1) is 6.61 Å². The lowest BCUT2D eigenvalue weighted by molar-refractivity contribution is -0.173. The molecule has 0 aromatic rings. The van der Waals surface area contributed by atoms with Crippen molar-refractivity contribution in [3.05, 3.63) is 0 Å². The molecule has 1 aliphatic carbocycles. The number of halogens is 1. The van der Waals surface area contributed by atoms with Gasteiger partial charge < -0.3 is 14.9 Å². The SMILES string of the molecule is O=C(OCC1CCCCC1CO)C(O)(F)S(=O)(=O)O. The third kappa shape index (κ3) is 3.85. The van der Waals surface area contributed by atoms with Crippen LogP contribution in [0.5, 0.6) is 0 Å². The number of rotatable bonds is 5. The minimum absolute atomic E-state index is 0.111. The molecular formula is C10H17FO7S. The lowest BCUT2D eigenvalue weighted by Gasteiger charge is -2.30. The van der Waals surface area contributed by atoms with Gasteiger partial charge in [-0.05, 0) is 24.7 Å². The largest absolute Gasteiger partial charge is 0.460 e. The summed E-state index contributed by atoms with van der Waals surface area (Å²) in [5, 5.41) is 13.4. The number of ether oxygens (including phenoxy) is 1. The van der Waals surface area contributed by atoms with E-state index in [1.807, 2.05) is 0 Å². The Balaban J connectivity index is 2.59. The molecule has 7 nitrogen and oxygen atoms in total. The topological polar surface area (TPSA) is 121 Å². The van der Waals surface area contributed by atoms with Crippen molar-refractivity contribution in [3.63, 3.8) is 0 Å². The van der Waals surface area contributed by atoms with Crippen LogP contribution in [0, 0.1) is 11.8 Å². The van der Waals surface area contributed by atoms with Gasteiger partial charge in [0, 0.05) is 6.61 Å². The van der Waals surface area contributed by atoms with E-state index < -0.39 is 21.3 Å². The Bertz CT molecular complexity index is 420. The highest BCUT2D eigenvalue weighted by molar-refractivity contribution is 7.87. The van der Waals surface area contributed by atoms with Crippen LogP contribution in [0.25, 0.3) is 0 Å². The highest BCUT2D eigenvalue weighted by Gasteiger charge is 2.51. The molecule has 1 saturated carbocycles. The summed E-state index contributed by atoms with van der Waals surface area (Å²) in [6, 6.07) is 0. The summed E-state index contributed by atoms with van der Waals surface area (Å²) in [5.41, 5.74) is 0. The molecule has 1 aliphatic rings. The van der Waals surface area contributed by atoms with E-state index in [1.54, 1.807) is 0 Å². The molecule has 0 spiro atoms. The second-order valence-corrected chi connectivity index (χ2v) is 6.11. The fourth-order valence-corrected chi connectivity index (χ4v) is 2.39. The monoisotopic (exact) mass is 300 g/mol. The van der Waals surface area contributed by atoms with Crippen molar-refractivity contribution >= 4 is 16.1 Å². The van der Waals surface area contributed by atoms with Crippen LogP contribution in [0.1, 0.15) is 25.7 Å². The van der Waals surface area contributed by atoms with E-state index in [0.29, 0.717) is 6.42 Å². The van der Waals surface area contributed by atoms with E-state index in [0.717, 1.165) is 19.3 Å². The van der Waals surface area contributed by atoms with Gasteiger partial charge in [0.15, 0.2) is 0 Å². The summed E-state index contributed by atoms with van der Waals surface area (Å²) in [7, 11) is -5.61. The molecule has 0 bridgehead atoms. The van der Waals surface area contributed by atoms with Gasteiger partial charge in [-0.2, -0.15) is 12.8 Å². The van der Waals surface area contributed by atoms with E-state index in [9.17, 15) is 17.6 Å². The van der Waals surface area contributed by atoms with Crippen molar-refractivity contribution in [2.24, 2.45) is 11.8 Å². The Labute approximate surface area is 110 Å². The molecule has 3 N–H and O–H groups in total. The van der Waals surface area contributed by atoms with E-state index in [1.165, 1.54) is 0 Å². The summed E-state index contributed by atoms with van der Waals surface area (Å²) in [5.74, 6) is -2.41. The van der Waals surface area contributed by atoms with Crippen molar-refractivity contribution in [2.45, 2.75) is 30.9 Å². The van der Waals surface area contributed by atoms with Crippen LogP contribution in [-0.4, -0.2) is 47.6 Å². The lowest BCUT2D eigenvalue weighted by Crippen LogP contribution is -2.44. The minimum atomic E-state index is -5.61. The van der Waals surface area contributed by atoms with Crippen molar-refractivity contribution in [1.82, 2.24) is 0 Å². The highest BCUT2D eigenvalue weighted by Crippen LogP contribution is 2.30. The number of aliphatic hydroxyl groups is 2. The van der Waals surface area contributed by atoms with Gasteiger partial charge in [-0.1, -0.05) is 12.8 Å². The van der Waals surface area contributed by atoms with E-state index in [-0.39, 0.29) is 25.0 Å². The fourth-order valence-electron chi connectivity index (χ4n) is 2.12. The maximum absolute atomic E-state index is 13.1. The van der Waals surface area contributed by atoms with Crippen molar-refractivity contribution in [2.75, 3.05) is 13.2 Å². The smallest absolute Gasteiger partial charge is 0.431 e. The Kier molecular flexibility index (Phi) is 5.25. The standard InChI is InChI=1S/C10H17FO7S/c11-10(14,19(15,16)17)9(13)18-6-8-4-2-1-3-7(8)5-12/h7-8,12,14H,1-6H2,(H,15,16,17). The zero-order chi connectivity index (χ0) is 14.7. The molecule has 1 fully saturated rings. The molecule has 0 heterocycles. The highest BCUT2D eigenvalue weighted by atomic mass is 32.2. The predicted molar refractivity (Wildman–Crippen MR) is 61.1 cm³/mol. The summed E-state index contributed by atoms with van der Waals surface area (Å²) < 4.78 is 46.8. The van der Waals surface area contributed by atoms with Crippen molar-refractivity contribution in [3.8, 4) is 0 Å². The third-order valence-electron chi connectivity index (χ3n) is 3.32. The van der Waals surface area contributed by atoms with Gasteiger partial charge in [0.1, 0.15) is 0 Å². The zero-order valence-corrected chi connectivity index (χ0v) is 11.0. The average molecular weight is 300 g/mol. The molecule has 1 rings (SSSR count). The first-order valence-corrected chi connectivity index (χ1v) is 7.30. The minimum Gasteiger partial charge on any atom is -0.460 e. The van der Waals surface area contributed by atoms with Gasteiger partial charge in [-0.25, -0.2) is 4.79 Å². The van der Waals surface area contributed by atoms with Gasteiger partial charge in [-0.3, -0.25) is 4.55 Å². The van der Waals surface area contributed by atoms with E-state index >= 15 is 0 Å². The average Bonchev–Trinajstić information content (AvgIpc) is 2.34. The second-order valence-electron chi connectivity index (χ2n) is 4.62. The van der Waals surface area contributed by atoms with Gasteiger partial charge >= 0.3 is 21.3 Å². The Morgan fingerprint density at radius 2 is 1.84 bits per heavy atom. The maximum atomic E-state index is 13.1. The first-order chi connectivity index (χ1) is 8.70. The quantitative estimate of drug-likeness (QED) is 0.476. The Morgan fingerprint density at radius 3 is 2.32 bits per heavy atom. The molecule has 0 amide bonds. The summed E-state index contributed by atoms with van der Waals surface area (Å²) in [6.07, 6.45) is 3.16. The van der Waals surface area contributed by atoms with E-state index in [4.69, 9.17) is 14.8 Å². The number of aliphatic hydroxyl groups excluding tert-OH is 1. The number of esters is 1. The summed E-state index contributed by atoms with van der Waals surface area (Å²) >= 11 is 0. The summed E-state index contributed by atoms with van der Waals surface area (Å²) in [4.78, 5) is 11.1. The zero-order valence-electron chi connectivity index (χ0n) is 10.2.